The van der Waals surface area contributed by atoms with Gasteiger partial charge in [-0.15, -0.1) is 0 Å². The minimum absolute atomic E-state index is 0.0499. The van der Waals surface area contributed by atoms with Gasteiger partial charge >= 0.3 is 5.97 Å². The summed E-state index contributed by atoms with van der Waals surface area (Å²) < 4.78 is 17.1. The molecule has 0 saturated carbocycles. The first-order valence-electron chi connectivity index (χ1n) is 12.1. The highest BCUT2D eigenvalue weighted by Crippen LogP contribution is 2.37. The highest BCUT2D eigenvalue weighted by Gasteiger charge is 2.29. The topological polar surface area (TPSA) is 160 Å². The van der Waals surface area contributed by atoms with Crippen molar-refractivity contribution in [3.05, 3.63) is 85.6 Å². The predicted molar refractivity (Wildman–Crippen MR) is 140 cm³/mol. The fourth-order valence-corrected chi connectivity index (χ4v) is 4.83. The number of carbonyl (C=O) groups excluding carboxylic acids is 1. The second-order valence-corrected chi connectivity index (χ2v) is 9.29. The number of benzene rings is 2. The summed E-state index contributed by atoms with van der Waals surface area (Å²) in [6.45, 7) is 1.87. The molecule has 1 aliphatic heterocycles. The van der Waals surface area contributed by atoms with Crippen LogP contribution in [0.1, 0.15) is 34.7 Å². The van der Waals surface area contributed by atoms with Gasteiger partial charge in [0.25, 0.3) is 11.1 Å². The zero-order chi connectivity index (χ0) is 27.8. The highest BCUT2D eigenvalue weighted by atomic mass is 16.7. The van der Waals surface area contributed by atoms with E-state index in [-0.39, 0.29) is 48.1 Å². The van der Waals surface area contributed by atoms with E-state index < -0.39 is 23.0 Å². The van der Waals surface area contributed by atoms with Crippen molar-refractivity contribution in [3.8, 4) is 28.7 Å². The smallest absolute Gasteiger partial charge is 0.306 e. The lowest BCUT2D eigenvalue weighted by atomic mass is 9.88. The molecule has 39 heavy (non-hydrogen) atoms. The van der Waals surface area contributed by atoms with Gasteiger partial charge in [0.15, 0.2) is 23.0 Å². The van der Waals surface area contributed by atoms with Gasteiger partial charge in [0.1, 0.15) is 5.75 Å². The fourth-order valence-electron chi connectivity index (χ4n) is 4.83. The SMILES string of the molecule is COC(=O)CC(c1cc2cc3c(cc2[nH]c1=O)OCO3)c1c(O)cc(C)n(CCc2ccc(O)c(O)c2)c1=O. The first-order chi connectivity index (χ1) is 18.7. The zero-order valence-electron chi connectivity index (χ0n) is 21.2. The summed E-state index contributed by atoms with van der Waals surface area (Å²) in [7, 11) is 1.20. The van der Waals surface area contributed by atoms with E-state index in [0.29, 0.717) is 40.1 Å². The van der Waals surface area contributed by atoms with Gasteiger partial charge in [0.2, 0.25) is 6.79 Å². The van der Waals surface area contributed by atoms with E-state index in [4.69, 9.17) is 14.2 Å². The van der Waals surface area contributed by atoms with E-state index >= 15 is 0 Å². The summed E-state index contributed by atoms with van der Waals surface area (Å²) >= 11 is 0. The van der Waals surface area contributed by atoms with E-state index in [2.05, 4.69) is 4.98 Å². The van der Waals surface area contributed by atoms with Crippen molar-refractivity contribution in [1.82, 2.24) is 9.55 Å². The molecule has 5 rings (SSSR count). The number of phenols is 2. The van der Waals surface area contributed by atoms with Gasteiger partial charge in [0, 0.05) is 35.2 Å². The van der Waals surface area contributed by atoms with E-state index in [0.717, 1.165) is 0 Å². The molecule has 11 nitrogen and oxygen atoms in total. The van der Waals surface area contributed by atoms with Crippen molar-refractivity contribution in [1.29, 1.82) is 0 Å². The summed E-state index contributed by atoms with van der Waals surface area (Å²) in [5.74, 6) is -1.70. The number of hydrogen-bond donors (Lipinski definition) is 4. The molecule has 0 saturated heterocycles. The quantitative estimate of drug-likeness (QED) is 0.206. The zero-order valence-corrected chi connectivity index (χ0v) is 21.2. The van der Waals surface area contributed by atoms with Crippen LogP contribution in [-0.4, -0.2) is 44.7 Å². The standard InChI is InChI=1S/C28H26N2O9/c1-14-7-22(33)26(28(36)30(14)6-5-15-3-4-20(31)21(32)8-15)17(11-25(34)37-2)18-9-16-10-23-24(39-13-38-23)12-19(16)29-27(18)35/h3-4,7-10,12,17,31-33H,5-6,11,13H2,1-2H3,(H,29,35). The number of carbonyl (C=O) groups is 1. The number of aromatic nitrogens is 2. The Kier molecular flexibility index (Phi) is 6.65. The molecule has 4 N–H and O–H groups in total. The van der Waals surface area contributed by atoms with Crippen molar-refractivity contribution in [2.24, 2.45) is 0 Å². The average molecular weight is 535 g/mol. The number of methoxy groups -OCH3 is 1. The highest BCUT2D eigenvalue weighted by molar-refractivity contribution is 5.84. The van der Waals surface area contributed by atoms with Gasteiger partial charge in [-0.25, -0.2) is 0 Å². The van der Waals surface area contributed by atoms with E-state index in [1.54, 1.807) is 31.2 Å². The Balaban J connectivity index is 1.61. The molecule has 0 spiro atoms. The average Bonchev–Trinajstić information content (AvgIpc) is 3.35. The number of H-pyrrole nitrogens is 1. The molecule has 1 aliphatic rings. The normalized spacial score (nSPS) is 13.0. The Morgan fingerprint density at radius 2 is 1.77 bits per heavy atom. The molecule has 11 heteroatoms. The van der Waals surface area contributed by atoms with Crippen molar-refractivity contribution in [2.75, 3.05) is 13.9 Å². The number of pyridine rings is 2. The maximum atomic E-state index is 13.8. The maximum absolute atomic E-state index is 13.8. The minimum Gasteiger partial charge on any atom is -0.507 e. The molecule has 3 heterocycles. The summed E-state index contributed by atoms with van der Waals surface area (Å²) in [5.41, 5.74) is 0.467. The number of nitrogens with zero attached hydrogens (tertiary/aromatic N) is 1. The van der Waals surface area contributed by atoms with Crippen LogP contribution in [0.3, 0.4) is 0 Å². The van der Waals surface area contributed by atoms with E-state index in [1.165, 1.54) is 29.9 Å². The molecule has 4 aromatic rings. The van der Waals surface area contributed by atoms with Crippen LogP contribution in [0.2, 0.25) is 0 Å². The van der Waals surface area contributed by atoms with Crippen LogP contribution in [0, 0.1) is 6.92 Å². The van der Waals surface area contributed by atoms with Crippen LogP contribution in [0.4, 0.5) is 0 Å². The Bertz CT molecular complexity index is 1720. The second kappa shape index (κ2) is 10.1. The summed E-state index contributed by atoms with van der Waals surface area (Å²) in [6.07, 6.45) is -0.0441. The number of aromatic amines is 1. The van der Waals surface area contributed by atoms with E-state index in [1.807, 2.05) is 0 Å². The molecule has 2 aromatic carbocycles. The van der Waals surface area contributed by atoms with Gasteiger partial charge < -0.3 is 39.1 Å². The molecule has 202 valence electrons. The van der Waals surface area contributed by atoms with Crippen molar-refractivity contribution in [2.45, 2.75) is 32.2 Å². The molecular weight excluding hydrogens is 508 g/mol. The van der Waals surface area contributed by atoms with Crippen molar-refractivity contribution >= 4 is 16.9 Å². The van der Waals surface area contributed by atoms with Gasteiger partial charge in [0.05, 0.1) is 24.6 Å². The molecule has 1 atom stereocenters. The first kappa shape index (κ1) is 25.7. The molecule has 0 aliphatic carbocycles. The van der Waals surface area contributed by atoms with Crippen molar-refractivity contribution in [3.63, 3.8) is 0 Å². The van der Waals surface area contributed by atoms with Gasteiger partial charge in [-0.05, 0) is 49.2 Å². The number of hydrogen-bond acceptors (Lipinski definition) is 9. The third-order valence-corrected chi connectivity index (χ3v) is 6.88. The minimum atomic E-state index is -1.12. The van der Waals surface area contributed by atoms with Crippen LogP contribution in [-0.2, 0) is 22.5 Å². The van der Waals surface area contributed by atoms with Crippen LogP contribution in [0.5, 0.6) is 28.7 Å². The fraction of sp³-hybridized carbons (Fsp3) is 0.250. The van der Waals surface area contributed by atoms with Gasteiger partial charge in [-0.3, -0.25) is 14.4 Å². The van der Waals surface area contributed by atoms with Crippen LogP contribution in [0.15, 0.2) is 52.1 Å². The lowest BCUT2D eigenvalue weighted by molar-refractivity contribution is -0.140. The number of fused-ring (bicyclic) bond motifs is 2. The Hall–Kier alpha value is -4.93. The molecule has 0 amide bonds. The van der Waals surface area contributed by atoms with Crippen LogP contribution < -0.4 is 20.6 Å². The number of nitrogens with one attached hydrogen (secondary N) is 1. The second-order valence-electron chi connectivity index (χ2n) is 9.29. The van der Waals surface area contributed by atoms with Crippen LogP contribution >= 0.6 is 0 Å². The monoisotopic (exact) mass is 534 g/mol. The Labute approximate surface area is 221 Å². The molecule has 0 radical (unpaired) electrons. The van der Waals surface area contributed by atoms with Crippen molar-refractivity contribution < 1.29 is 34.3 Å². The number of aromatic hydroxyl groups is 3. The largest absolute Gasteiger partial charge is 0.507 e. The number of esters is 1. The number of aryl methyl sites for hydroxylation is 2. The molecule has 0 bridgehead atoms. The molecule has 0 fully saturated rings. The number of rotatable bonds is 7. The Morgan fingerprint density at radius 3 is 2.49 bits per heavy atom. The maximum Gasteiger partial charge on any atom is 0.306 e. The summed E-state index contributed by atoms with van der Waals surface area (Å²) in [4.78, 5) is 42.2. The number of phenolic OH excluding ortho intramolecular Hbond substituents is 2. The van der Waals surface area contributed by atoms with Gasteiger partial charge in [-0.1, -0.05) is 6.07 Å². The third-order valence-electron chi connectivity index (χ3n) is 6.88. The first-order valence-corrected chi connectivity index (χ1v) is 12.1. The molecular formula is C28H26N2O9. The van der Waals surface area contributed by atoms with Gasteiger partial charge in [-0.2, -0.15) is 0 Å². The summed E-state index contributed by atoms with van der Waals surface area (Å²) in [5, 5.41) is 30.9. The lowest BCUT2D eigenvalue weighted by Crippen LogP contribution is -2.31. The third kappa shape index (κ3) is 4.86. The molecule has 2 aromatic heterocycles. The molecule has 1 unspecified atom stereocenters. The van der Waals surface area contributed by atoms with Crippen LogP contribution in [0.25, 0.3) is 10.9 Å². The number of ether oxygens (including phenoxy) is 3. The van der Waals surface area contributed by atoms with E-state index in [9.17, 15) is 29.7 Å². The summed E-state index contributed by atoms with van der Waals surface area (Å²) in [6, 6.07) is 10.7. The predicted octanol–water partition coefficient (Wildman–Crippen LogP) is 2.78. The lowest BCUT2D eigenvalue weighted by Gasteiger charge is -2.20. The Morgan fingerprint density at radius 1 is 1.03 bits per heavy atom.